The molecule has 2 unspecified atom stereocenters. The Balaban J connectivity index is 0.000000182. The molecule has 10 rings (SSSR count). The van der Waals surface area contributed by atoms with Crippen LogP contribution in [0.2, 0.25) is 0 Å². The topological polar surface area (TPSA) is 205 Å². The Morgan fingerprint density at radius 1 is 0.568 bits per heavy atom. The Kier molecular flexibility index (Phi) is 17.1. The quantitative estimate of drug-likeness (QED) is 0.0305. The molecule has 0 spiro atoms. The van der Waals surface area contributed by atoms with Crippen molar-refractivity contribution in [3.8, 4) is 11.5 Å². The third kappa shape index (κ3) is 13.1. The zero-order valence-electron chi connectivity index (χ0n) is 41.2. The van der Waals surface area contributed by atoms with Gasteiger partial charge in [-0.1, -0.05) is 127 Å². The molecule has 15 heteroatoms. The lowest BCUT2D eigenvalue weighted by atomic mass is 9.81. The fourth-order valence-corrected chi connectivity index (χ4v) is 9.79. The summed E-state index contributed by atoms with van der Waals surface area (Å²) in [6, 6.07) is 46.8. The first-order chi connectivity index (χ1) is 36.4. The zero-order valence-corrected chi connectivity index (χ0v) is 41.2. The fraction of sp³-hybridized carbons (Fsp3) is 0.271. The number of nitrogens with zero attached hydrogens (tertiary/aromatic N) is 5. The van der Waals surface area contributed by atoms with Gasteiger partial charge in [-0.05, 0) is 97.2 Å². The maximum Gasteiger partial charge on any atom is 0.259 e. The highest BCUT2D eigenvalue weighted by molar-refractivity contribution is 6.11. The van der Waals surface area contributed by atoms with Gasteiger partial charge in [-0.3, -0.25) is 14.6 Å². The molecule has 1 fully saturated rings. The molecule has 3 aromatic heterocycles. The molecule has 7 aromatic rings. The number of oxime groups is 2. The summed E-state index contributed by atoms with van der Waals surface area (Å²) in [7, 11) is 0. The Bertz CT molecular complexity index is 3010. The molecule has 0 radical (unpaired) electrons. The van der Waals surface area contributed by atoms with Crippen molar-refractivity contribution >= 4 is 40.6 Å². The third-order valence-electron chi connectivity index (χ3n) is 13.5. The number of pyridine rings is 3. The summed E-state index contributed by atoms with van der Waals surface area (Å²) >= 11 is 0. The first-order valence-corrected chi connectivity index (χ1v) is 25.4. The summed E-state index contributed by atoms with van der Waals surface area (Å²) in [4.78, 5) is 40.6. The van der Waals surface area contributed by atoms with E-state index in [1.165, 1.54) is 12.0 Å². The number of benzene rings is 4. The minimum Gasteiger partial charge on any atom is -0.492 e. The summed E-state index contributed by atoms with van der Waals surface area (Å²) in [5.74, 6) is 2.35. The number of hydrogen-bond acceptors (Lipinski definition) is 13. The summed E-state index contributed by atoms with van der Waals surface area (Å²) in [5, 5.41) is 39.6. The van der Waals surface area contributed by atoms with E-state index in [0.29, 0.717) is 97.4 Å². The predicted molar refractivity (Wildman–Crippen MR) is 288 cm³/mol. The van der Waals surface area contributed by atoms with Gasteiger partial charge in [0.05, 0.1) is 58.9 Å². The SMILES string of the molecule is O=C(NC1CCCCC1)c1cc2c(nc1NCCOc1ccccc1)CC(c1ccccc1)C/C2=N\O.O=C(Nc1cccnc1)c1cc2c(nc1NCCOc1ccccc1)CC(c1ccccc1)C/C2=N\O. The maximum atomic E-state index is 13.4. The summed E-state index contributed by atoms with van der Waals surface area (Å²) in [5.41, 5.74) is 7.83. The number of fused-ring (bicyclic) bond motifs is 2. The first kappa shape index (κ1) is 50.4. The Labute approximate surface area is 431 Å². The normalized spacial score (nSPS) is 17.1. The third-order valence-corrected chi connectivity index (χ3v) is 13.5. The number of rotatable bonds is 16. The molecule has 3 heterocycles. The maximum absolute atomic E-state index is 13.4. The zero-order chi connectivity index (χ0) is 50.9. The molecule has 3 aliphatic rings. The van der Waals surface area contributed by atoms with E-state index in [1.807, 2.05) is 103 Å². The lowest BCUT2D eigenvalue weighted by Crippen LogP contribution is -2.37. The van der Waals surface area contributed by atoms with E-state index in [1.54, 1.807) is 30.6 Å². The van der Waals surface area contributed by atoms with Crippen molar-refractivity contribution in [2.75, 3.05) is 42.3 Å². The molecule has 0 saturated heterocycles. The number of carbonyl (C=O) groups excluding carboxylic acids is 2. The minimum absolute atomic E-state index is 0.122. The lowest BCUT2D eigenvalue weighted by molar-refractivity contribution is 0.0927. The average molecular weight is 992 g/mol. The molecule has 1 saturated carbocycles. The van der Waals surface area contributed by atoms with Crippen molar-refractivity contribution in [3.05, 3.63) is 203 Å². The van der Waals surface area contributed by atoms with Crippen LogP contribution in [0, 0.1) is 0 Å². The van der Waals surface area contributed by atoms with E-state index in [4.69, 9.17) is 19.4 Å². The molecule has 2 amide bonds. The predicted octanol–water partition coefficient (Wildman–Crippen LogP) is 10.7. The molecule has 0 aliphatic heterocycles. The first-order valence-electron chi connectivity index (χ1n) is 25.4. The number of aromatic nitrogens is 3. The van der Waals surface area contributed by atoms with Gasteiger partial charge in [-0.2, -0.15) is 0 Å². The summed E-state index contributed by atoms with van der Waals surface area (Å²) < 4.78 is 11.6. The van der Waals surface area contributed by atoms with Gasteiger partial charge < -0.3 is 41.2 Å². The van der Waals surface area contributed by atoms with Crippen molar-refractivity contribution in [2.45, 2.75) is 75.7 Å². The Morgan fingerprint density at radius 2 is 1.04 bits per heavy atom. The molecule has 4 aromatic carbocycles. The smallest absolute Gasteiger partial charge is 0.259 e. The van der Waals surface area contributed by atoms with E-state index >= 15 is 0 Å². The second-order valence-corrected chi connectivity index (χ2v) is 18.6. The van der Waals surface area contributed by atoms with Crippen molar-refractivity contribution in [3.63, 3.8) is 0 Å². The van der Waals surface area contributed by atoms with Crippen LogP contribution >= 0.6 is 0 Å². The van der Waals surface area contributed by atoms with Crippen LogP contribution in [-0.4, -0.2) is 80.9 Å². The Morgan fingerprint density at radius 3 is 1.50 bits per heavy atom. The standard InChI is InChI=1S/C30H34N4O3.C29H27N5O3/c35-30(32-23-12-6-2-7-13-23)26-20-25-27(18-22(19-28(25)34-36)21-10-4-1-5-11-21)33-29(26)31-16-17-37-24-14-8-3-9-15-24;35-29(32-22-10-7-13-30-19-22)25-18-24-26(16-21(17-27(24)34-36)20-8-3-1-4-9-20)33-28(25)31-14-15-37-23-11-5-2-6-12-23/h1,3-5,8-11,14-15,20,22-23,36H,2,6-7,12-13,16-19H2,(H,31,33)(H,32,35);1-13,18-19,21,36H,14-17H2,(H,31,33)(H,32,35)/b34-28+;34-27+. The van der Waals surface area contributed by atoms with E-state index in [9.17, 15) is 20.0 Å². The number of anilines is 3. The van der Waals surface area contributed by atoms with Gasteiger partial charge in [0.1, 0.15) is 36.3 Å². The van der Waals surface area contributed by atoms with Gasteiger partial charge in [-0.15, -0.1) is 0 Å². The van der Waals surface area contributed by atoms with Crippen molar-refractivity contribution in [2.24, 2.45) is 10.3 Å². The highest BCUT2D eigenvalue weighted by Gasteiger charge is 2.31. The number of ether oxygens (including phenoxy) is 2. The second-order valence-electron chi connectivity index (χ2n) is 18.6. The van der Waals surface area contributed by atoms with Crippen LogP contribution in [0.25, 0.3) is 0 Å². The van der Waals surface area contributed by atoms with Crippen LogP contribution in [0.1, 0.15) is 111 Å². The van der Waals surface area contributed by atoms with E-state index in [0.717, 1.165) is 59.7 Å². The highest BCUT2D eigenvalue weighted by atomic mass is 16.5. The summed E-state index contributed by atoms with van der Waals surface area (Å²) in [6.07, 6.45) is 11.2. The van der Waals surface area contributed by atoms with E-state index in [2.05, 4.69) is 60.8 Å². The van der Waals surface area contributed by atoms with Gasteiger partial charge in [0.15, 0.2) is 0 Å². The number of hydrogen-bond donors (Lipinski definition) is 6. The van der Waals surface area contributed by atoms with Crippen LogP contribution in [-0.2, 0) is 12.8 Å². The van der Waals surface area contributed by atoms with E-state index < -0.39 is 0 Å². The molecule has 15 nitrogen and oxygen atoms in total. The molecular formula is C59H61N9O6. The van der Waals surface area contributed by atoms with Crippen molar-refractivity contribution in [1.82, 2.24) is 20.3 Å². The second kappa shape index (κ2) is 25.2. The van der Waals surface area contributed by atoms with Crippen LogP contribution in [0.4, 0.5) is 17.3 Å². The summed E-state index contributed by atoms with van der Waals surface area (Å²) in [6.45, 7) is 1.76. The van der Waals surface area contributed by atoms with Crippen molar-refractivity contribution < 1.29 is 29.5 Å². The van der Waals surface area contributed by atoms with Gasteiger partial charge in [0.2, 0.25) is 0 Å². The highest BCUT2D eigenvalue weighted by Crippen LogP contribution is 2.36. The molecule has 378 valence electrons. The van der Waals surface area contributed by atoms with Crippen LogP contribution < -0.4 is 30.7 Å². The number of carbonyl (C=O) groups is 2. The molecule has 0 bridgehead atoms. The van der Waals surface area contributed by atoms with Gasteiger partial charge >= 0.3 is 0 Å². The van der Waals surface area contributed by atoms with Crippen molar-refractivity contribution in [1.29, 1.82) is 0 Å². The van der Waals surface area contributed by atoms with Crippen LogP contribution in [0.3, 0.4) is 0 Å². The molecular weight excluding hydrogens is 931 g/mol. The number of para-hydroxylation sites is 2. The van der Waals surface area contributed by atoms with Crippen LogP contribution in [0.15, 0.2) is 168 Å². The van der Waals surface area contributed by atoms with Gasteiger partial charge in [0, 0.05) is 36.2 Å². The average Bonchev–Trinajstić information content (AvgIpc) is 3.46. The van der Waals surface area contributed by atoms with Gasteiger partial charge in [-0.25, -0.2) is 9.97 Å². The number of amides is 2. The molecule has 3 aliphatic carbocycles. The monoisotopic (exact) mass is 991 g/mol. The Hall–Kier alpha value is -8.59. The minimum atomic E-state index is -0.336. The number of nitrogens with one attached hydrogen (secondary N) is 4. The molecule has 74 heavy (non-hydrogen) atoms. The van der Waals surface area contributed by atoms with E-state index in [-0.39, 0.29) is 29.7 Å². The lowest BCUT2D eigenvalue weighted by Gasteiger charge is -2.27. The van der Waals surface area contributed by atoms with Gasteiger partial charge in [0.25, 0.3) is 11.8 Å². The fourth-order valence-electron chi connectivity index (χ4n) is 9.79. The molecule has 6 N–H and O–H groups in total. The molecule has 2 atom stereocenters. The largest absolute Gasteiger partial charge is 0.492 e. The van der Waals surface area contributed by atoms with Crippen LogP contribution in [0.5, 0.6) is 11.5 Å².